The maximum atomic E-state index is 12.7. The Morgan fingerprint density at radius 1 is 1.35 bits per heavy atom. The first-order valence-electron chi connectivity index (χ1n) is 8.93. The van der Waals surface area contributed by atoms with Crippen LogP contribution >= 0.6 is 11.3 Å². The topological polar surface area (TPSA) is 70.2 Å². The van der Waals surface area contributed by atoms with E-state index in [9.17, 15) is 10.1 Å². The summed E-state index contributed by atoms with van der Waals surface area (Å²) in [6.07, 6.45) is 9.54. The van der Waals surface area contributed by atoms with E-state index >= 15 is 0 Å². The maximum absolute atomic E-state index is 12.7. The van der Waals surface area contributed by atoms with Crippen LogP contribution in [0.15, 0.2) is 42.0 Å². The van der Waals surface area contributed by atoms with Crippen LogP contribution in [0.25, 0.3) is 5.65 Å². The summed E-state index contributed by atoms with van der Waals surface area (Å²) < 4.78 is 1.89. The van der Waals surface area contributed by atoms with Gasteiger partial charge in [0.15, 0.2) is 6.04 Å². The van der Waals surface area contributed by atoms with Crippen molar-refractivity contribution in [1.29, 1.82) is 5.26 Å². The number of nitrogens with zero attached hydrogens (tertiary/aromatic N) is 3. The number of amides is 1. The van der Waals surface area contributed by atoms with Crippen molar-refractivity contribution in [2.24, 2.45) is 0 Å². The molecular formula is C20H22N4OS. The molecule has 3 aromatic heterocycles. The highest BCUT2D eigenvalue weighted by Crippen LogP contribution is 2.20. The molecule has 0 bridgehead atoms. The van der Waals surface area contributed by atoms with Crippen LogP contribution in [0.3, 0.4) is 0 Å². The summed E-state index contributed by atoms with van der Waals surface area (Å²) in [5.41, 5.74) is 2.12. The van der Waals surface area contributed by atoms with Gasteiger partial charge < -0.3 is 9.72 Å². The van der Waals surface area contributed by atoms with E-state index in [1.807, 2.05) is 40.4 Å². The molecule has 0 aliphatic rings. The Hall–Kier alpha value is -2.65. The third-order valence-electron chi connectivity index (χ3n) is 4.30. The van der Waals surface area contributed by atoms with Crippen molar-refractivity contribution in [3.05, 3.63) is 58.2 Å². The van der Waals surface area contributed by atoms with E-state index in [-0.39, 0.29) is 5.91 Å². The molecule has 1 atom stereocenters. The number of nitrogens with one attached hydrogen (secondary N) is 1. The normalized spacial score (nSPS) is 12.0. The zero-order valence-electron chi connectivity index (χ0n) is 14.8. The number of pyridine rings is 1. The van der Waals surface area contributed by atoms with Crippen LogP contribution in [0.5, 0.6) is 0 Å². The average molecular weight is 366 g/mol. The Bertz CT molecular complexity index is 908. The number of carbonyl (C=O) groups is 1. The van der Waals surface area contributed by atoms with Gasteiger partial charge in [0.25, 0.3) is 5.91 Å². The van der Waals surface area contributed by atoms with Gasteiger partial charge in [-0.05, 0) is 36.4 Å². The molecule has 1 unspecified atom stereocenters. The number of nitriles is 1. The van der Waals surface area contributed by atoms with Gasteiger partial charge in [-0.1, -0.05) is 32.3 Å². The fraction of sp³-hybridized carbons (Fsp3) is 0.350. The van der Waals surface area contributed by atoms with Gasteiger partial charge in [-0.2, -0.15) is 5.26 Å². The molecule has 1 amide bonds. The van der Waals surface area contributed by atoms with Gasteiger partial charge in [0.05, 0.1) is 17.3 Å². The van der Waals surface area contributed by atoms with Crippen LogP contribution in [0.1, 0.15) is 59.6 Å². The lowest BCUT2D eigenvalue weighted by atomic mass is 10.1. The zero-order valence-corrected chi connectivity index (χ0v) is 15.6. The summed E-state index contributed by atoms with van der Waals surface area (Å²) in [6, 6.07) is 8.81. The molecule has 0 aromatic carbocycles. The largest absolute Gasteiger partial charge is 0.332 e. The number of unbranched alkanes of at least 4 members (excludes halogenated alkanes) is 3. The lowest BCUT2D eigenvalue weighted by Crippen LogP contribution is -2.27. The van der Waals surface area contributed by atoms with E-state index < -0.39 is 6.04 Å². The monoisotopic (exact) mass is 366 g/mol. The molecule has 3 aromatic rings. The first-order valence-corrected chi connectivity index (χ1v) is 9.81. The smallest absolute Gasteiger partial charge is 0.256 e. The van der Waals surface area contributed by atoms with Gasteiger partial charge in [0.2, 0.25) is 0 Å². The van der Waals surface area contributed by atoms with Gasteiger partial charge in [0, 0.05) is 17.3 Å². The standard InChI is InChI=1S/C20H22N4OS/c1-2-3-4-5-8-15-14-24-11-6-9-16(19(24)22-15)20(25)23-17(13-21)18-10-7-12-26-18/h6-7,9-12,14,17H,2-5,8H2,1H3,(H,23,25). The van der Waals surface area contributed by atoms with Gasteiger partial charge in [0.1, 0.15) is 5.65 Å². The number of aryl methyl sites for hydroxylation is 1. The molecule has 6 heteroatoms. The Balaban J connectivity index is 1.77. The molecule has 1 N–H and O–H groups in total. The second kappa shape index (κ2) is 8.63. The maximum Gasteiger partial charge on any atom is 0.256 e. The first-order chi connectivity index (χ1) is 12.7. The Morgan fingerprint density at radius 3 is 2.96 bits per heavy atom. The number of imidazole rings is 1. The highest BCUT2D eigenvalue weighted by molar-refractivity contribution is 7.10. The fourth-order valence-electron chi connectivity index (χ4n) is 2.93. The van der Waals surface area contributed by atoms with Crippen molar-refractivity contribution >= 4 is 22.9 Å². The quantitative estimate of drug-likeness (QED) is 0.596. The molecule has 0 saturated carbocycles. The summed E-state index contributed by atoms with van der Waals surface area (Å²) in [4.78, 5) is 18.2. The third kappa shape index (κ3) is 4.12. The molecule has 0 spiro atoms. The van der Waals surface area contributed by atoms with Crippen molar-refractivity contribution in [3.63, 3.8) is 0 Å². The Kier molecular flexibility index (Phi) is 6.03. The number of fused-ring (bicyclic) bond motifs is 1. The van der Waals surface area contributed by atoms with Crippen LogP contribution in [-0.4, -0.2) is 15.3 Å². The van der Waals surface area contributed by atoms with Crippen molar-refractivity contribution in [2.45, 2.75) is 45.1 Å². The summed E-state index contributed by atoms with van der Waals surface area (Å²) in [6.45, 7) is 2.19. The molecule has 5 nitrogen and oxygen atoms in total. The zero-order chi connectivity index (χ0) is 18.4. The van der Waals surface area contributed by atoms with Crippen molar-refractivity contribution < 1.29 is 4.79 Å². The number of hydrogen-bond donors (Lipinski definition) is 1. The Labute approximate surface area is 157 Å². The number of hydrogen-bond acceptors (Lipinski definition) is 4. The minimum atomic E-state index is -0.647. The average Bonchev–Trinajstić information content (AvgIpc) is 3.32. The van der Waals surface area contributed by atoms with Crippen molar-refractivity contribution in [3.8, 4) is 6.07 Å². The number of carbonyl (C=O) groups excluding carboxylic acids is 1. The van der Waals surface area contributed by atoms with Crippen molar-refractivity contribution in [2.75, 3.05) is 0 Å². The fourth-order valence-corrected chi connectivity index (χ4v) is 3.64. The summed E-state index contributed by atoms with van der Waals surface area (Å²) in [5, 5.41) is 14.1. The lowest BCUT2D eigenvalue weighted by molar-refractivity contribution is 0.0947. The van der Waals surface area contributed by atoms with E-state index in [1.165, 1.54) is 30.6 Å². The van der Waals surface area contributed by atoms with Crippen LogP contribution in [0, 0.1) is 11.3 Å². The van der Waals surface area contributed by atoms with Crippen LogP contribution in [0.2, 0.25) is 0 Å². The second-order valence-electron chi connectivity index (χ2n) is 6.25. The van der Waals surface area contributed by atoms with Crippen LogP contribution in [0.4, 0.5) is 0 Å². The van der Waals surface area contributed by atoms with E-state index in [4.69, 9.17) is 0 Å². The van der Waals surface area contributed by atoms with Crippen LogP contribution < -0.4 is 5.32 Å². The van der Waals surface area contributed by atoms with Crippen molar-refractivity contribution in [1.82, 2.24) is 14.7 Å². The summed E-state index contributed by atoms with van der Waals surface area (Å²) in [5.74, 6) is -0.279. The van der Waals surface area contributed by atoms with Gasteiger partial charge in [-0.15, -0.1) is 11.3 Å². The molecule has 0 radical (unpaired) electrons. The molecule has 134 valence electrons. The van der Waals surface area contributed by atoms with Crippen LogP contribution in [-0.2, 0) is 6.42 Å². The molecule has 0 aliphatic carbocycles. The van der Waals surface area contributed by atoms with E-state index in [0.717, 1.165) is 23.4 Å². The van der Waals surface area contributed by atoms with Gasteiger partial charge in [-0.3, -0.25) is 4.79 Å². The molecular weight excluding hydrogens is 344 g/mol. The highest BCUT2D eigenvalue weighted by Gasteiger charge is 2.19. The van der Waals surface area contributed by atoms with E-state index in [2.05, 4.69) is 23.3 Å². The predicted octanol–water partition coefficient (Wildman–Crippen LogP) is 4.51. The second-order valence-corrected chi connectivity index (χ2v) is 7.23. The van der Waals surface area contributed by atoms with Gasteiger partial charge in [-0.25, -0.2) is 4.98 Å². The number of thiophene rings is 1. The molecule has 26 heavy (non-hydrogen) atoms. The summed E-state index contributed by atoms with van der Waals surface area (Å²) in [7, 11) is 0. The number of rotatable bonds is 8. The SMILES string of the molecule is CCCCCCc1cn2cccc(C(=O)NC(C#N)c3cccs3)c2n1. The molecule has 0 saturated heterocycles. The van der Waals surface area contributed by atoms with E-state index in [0.29, 0.717) is 11.2 Å². The molecule has 3 heterocycles. The molecule has 0 aliphatic heterocycles. The number of aromatic nitrogens is 2. The van der Waals surface area contributed by atoms with E-state index in [1.54, 1.807) is 6.07 Å². The predicted molar refractivity (Wildman–Crippen MR) is 103 cm³/mol. The summed E-state index contributed by atoms with van der Waals surface area (Å²) >= 11 is 1.46. The molecule has 3 rings (SSSR count). The minimum absolute atomic E-state index is 0.279. The first kappa shape index (κ1) is 18.2. The lowest BCUT2D eigenvalue weighted by Gasteiger charge is -2.10. The van der Waals surface area contributed by atoms with Gasteiger partial charge >= 0.3 is 0 Å². The third-order valence-corrected chi connectivity index (χ3v) is 5.23. The molecule has 0 fully saturated rings. The minimum Gasteiger partial charge on any atom is -0.332 e. The highest BCUT2D eigenvalue weighted by atomic mass is 32.1. The Morgan fingerprint density at radius 2 is 2.23 bits per heavy atom.